The van der Waals surface area contributed by atoms with Crippen molar-refractivity contribution < 1.29 is 28.6 Å². The first-order valence-electron chi connectivity index (χ1n) is 32.4. The number of carbonyl (C=O) groups is 3. The zero-order chi connectivity index (χ0) is 55.7. The van der Waals surface area contributed by atoms with E-state index in [4.69, 9.17) is 14.2 Å². The summed E-state index contributed by atoms with van der Waals surface area (Å²) >= 11 is 0. The summed E-state index contributed by atoms with van der Waals surface area (Å²) in [5.41, 5.74) is 0. The molecule has 6 heteroatoms. The zero-order valence-corrected chi connectivity index (χ0v) is 50.4. The Hall–Kier alpha value is -3.93. The fourth-order valence-corrected chi connectivity index (χ4v) is 8.91. The minimum Gasteiger partial charge on any atom is -0.462 e. The SMILES string of the molecule is CC/C=C\C/C=C\C/C=C\C/C=C\C/C=C\C/C=C\C/C=C\CCCCCCCCCC(=O)OCC(COC(=O)CCCCCCC/C=C\C/C=C\CCCC)OC(=O)CCCCCCCCCCCCCCCCCC. The van der Waals surface area contributed by atoms with Gasteiger partial charge < -0.3 is 14.2 Å². The van der Waals surface area contributed by atoms with Gasteiger partial charge in [-0.25, -0.2) is 0 Å². The summed E-state index contributed by atoms with van der Waals surface area (Å²) in [6.45, 7) is 6.49. The Morgan fingerprint density at radius 3 is 0.831 bits per heavy atom. The summed E-state index contributed by atoms with van der Waals surface area (Å²) in [6, 6.07) is 0. The van der Waals surface area contributed by atoms with Crippen molar-refractivity contribution in [2.24, 2.45) is 0 Å². The maximum atomic E-state index is 12.9. The lowest BCUT2D eigenvalue weighted by Gasteiger charge is -2.18. The lowest BCUT2D eigenvalue weighted by Crippen LogP contribution is -2.30. The predicted molar refractivity (Wildman–Crippen MR) is 334 cm³/mol. The normalized spacial score (nSPS) is 12.8. The van der Waals surface area contributed by atoms with Gasteiger partial charge in [-0.05, 0) is 103 Å². The summed E-state index contributed by atoms with van der Waals surface area (Å²) in [5, 5.41) is 0. The second-order valence-electron chi connectivity index (χ2n) is 21.3. The Morgan fingerprint density at radius 1 is 0.273 bits per heavy atom. The number of carbonyl (C=O) groups excluding carboxylic acids is 3. The molecular formula is C71H120O6. The van der Waals surface area contributed by atoms with Crippen LogP contribution < -0.4 is 0 Å². The molecular weight excluding hydrogens is 949 g/mol. The first-order chi connectivity index (χ1) is 38.0. The first kappa shape index (κ1) is 73.1. The number of hydrogen-bond acceptors (Lipinski definition) is 6. The molecule has 0 spiro atoms. The molecule has 0 N–H and O–H groups in total. The molecule has 0 aliphatic rings. The lowest BCUT2D eigenvalue weighted by atomic mass is 10.0. The molecule has 0 aliphatic carbocycles. The summed E-state index contributed by atoms with van der Waals surface area (Å²) in [7, 11) is 0. The Labute approximate surface area is 476 Å². The van der Waals surface area contributed by atoms with Crippen LogP contribution in [0.1, 0.15) is 303 Å². The molecule has 0 fully saturated rings. The van der Waals surface area contributed by atoms with Gasteiger partial charge in [0.05, 0.1) is 0 Å². The Bertz CT molecular complexity index is 1560. The number of ether oxygens (including phenoxy) is 3. The van der Waals surface area contributed by atoms with Crippen LogP contribution in [0.5, 0.6) is 0 Å². The molecule has 0 amide bonds. The Balaban J connectivity index is 4.33. The predicted octanol–water partition coefficient (Wildman–Crippen LogP) is 22.2. The highest BCUT2D eigenvalue weighted by Crippen LogP contribution is 2.16. The number of esters is 3. The molecule has 1 atom stereocenters. The maximum Gasteiger partial charge on any atom is 0.306 e. The van der Waals surface area contributed by atoms with Gasteiger partial charge >= 0.3 is 17.9 Å². The van der Waals surface area contributed by atoms with Gasteiger partial charge in [0.1, 0.15) is 13.2 Å². The molecule has 0 aromatic heterocycles. The van der Waals surface area contributed by atoms with E-state index in [0.717, 1.165) is 135 Å². The summed E-state index contributed by atoms with van der Waals surface area (Å²) in [4.78, 5) is 38.3. The molecule has 0 saturated heterocycles. The number of allylic oxidation sites excluding steroid dienone is 18. The molecule has 0 saturated carbocycles. The summed E-state index contributed by atoms with van der Waals surface area (Å²) in [6.07, 6.45) is 88.0. The Morgan fingerprint density at radius 2 is 0.519 bits per heavy atom. The van der Waals surface area contributed by atoms with E-state index in [1.807, 2.05) is 0 Å². The number of hydrogen-bond donors (Lipinski definition) is 0. The topological polar surface area (TPSA) is 78.9 Å². The third-order valence-electron chi connectivity index (χ3n) is 13.8. The highest BCUT2D eigenvalue weighted by atomic mass is 16.6. The molecule has 0 bridgehead atoms. The highest BCUT2D eigenvalue weighted by Gasteiger charge is 2.19. The first-order valence-corrected chi connectivity index (χ1v) is 32.4. The molecule has 0 rings (SSSR count). The third kappa shape index (κ3) is 62.8. The second-order valence-corrected chi connectivity index (χ2v) is 21.3. The van der Waals surface area contributed by atoms with E-state index in [1.165, 1.54) is 128 Å². The molecule has 6 nitrogen and oxygen atoms in total. The van der Waals surface area contributed by atoms with E-state index in [9.17, 15) is 14.4 Å². The van der Waals surface area contributed by atoms with Gasteiger partial charge in [0.25, 0.3) is 0 Å². The number of rotatable bonds is 58. The molecule has 0 radical (unpaired) electrons. The van der Waals surface area contributed by atoms with Gasteiger partial charge in [0, 0.05) is 19.3 Å². The molecule has 77 heavy (non-hydrogen) atoms. The monoisotopic (exact) mass is 1070 g/mol. The van der Waals surface area contributed by atoms with Crippen molar-refractivity contribution >= 4 is 17.9 Å². The lowest BCUT2D eigenvalue weighted by molar-refractivity contribution is -0.167. The van der Waals surface area contributed by atoms with E-state index in [1.54, 1.807) is 0 Å². The van der Waals surface area contributed by atoms with E-state index in [0.29, 0.717) is 19.3 Å². The van der Waals surface area contributed by atoms with Crippen molar-refractivity contribution in [3.63, 3.8) is 0 Å². The van der Waals surface area contributed by atoms with Crippen LogP contribution in [0.4, 0.5) is 0 Å². The largest absolute Gasteiger partial charge is 0.462 e. The standard InChI is InChI=1S/C71H120O6/c1-4-7-10-13-16-19-22-25-28-30-31-32-33-34-35-36-37-38-39-40-41-42-44-46-49-52-55-58-61-64-70(73)76-67-68(66-75-69(72)63-60-57-54-51-48-45-27-24-21-18-15-12-9-6-3)77-71(74)65-62-59-56-53-50-47-43-29-26-23-20-17-14-11-8-5-2/h7,10,15-16,18-19,24-25,27-28,31-32,34-35,37-38,40-41,68H,4-6,8-9,11-14,17,20-23,26,29-30,33,36,39,42-67H2,1-3H3/b10-7-,18-15-,19-16-,27-24-,28-25-,32-31-,35-34-,38-37-,41-40-. The van der Waals surface area contributed by atoms with Crippen molar-refractivity contribution in [3.8, 4) is 0 Å². The van der Waals surface area contributed by atoms with Crippen LogP contribution in [0, 0.1) is 0 Å². The van der Waals surface area contributed by atoms with Crippen LogP contribution in [0.3, 0.4) is 0 Å². The van der Waals surface area contributed by atoms with Crippen LogP contribution in [0.25, 0.3) is 0 Å². The van der Waals surface area contributed by atoms with Crippen molar-refractivity contribution in [1.29, 1.82) is 0 Å². The quantitative estimate of drug-likeness (QED) is 0.0261. The van der Waals surface area contributed by atoms with E-state index >= 15 is 0 Å². The molecule has 440 valence electrons. The number of unbranched alkanes of at least 4 members (excludes halogenated alkanes) is 29. The van der Waals surface area contributed by atoms with Gasteiger partial charge in [-0.1, -0.05) is 291 Å². The molecule has 0 heterocycles. The average Bonchev–Trinajstić information content (AvgIpc) is 3.43. The second kappa shape index (κ2) is 64.6. The van der Waals surface area contributed by atoms with E-state index in [2.05, 4.69) is 130 Å². The Kier molecular flexibility index (Phi) is 61.3. The molecule has 1 unspecified atom stereocenters. The van der Waals surface area contributed by atoms with Crippen molar-refractivity contribution in [2.45, 2.75) is 309 Å². The van der Waals surface area contributed by atoms with Gasteiger partial charge in [0.2, 0.25) is 0 Å². The molecule has 0 aromatic carbocycles. The maximum absolute atomic E-state index is 12.9. The van der Waals surface area contributed by atoms with E-state index < -0.39 is 6.10 Å². The van der Waals surface area contributed by atoms with Crippen LogP contribution in [0.2, 0.25) is 0 Å². The fraction of sp³-hybridized carbons (Fsp3) is 0.704. The van der Waals surface area contributed by atoms with Crippen molar-refractivity contribution in [3.05, 3.63) is 109 Å². The van der Waals surface area contributed by atoms with Gasteiger partial charge in [0.15, 0.2) is 6.10 Å². The van der Waals surface area contributed by atoms with Gasteiger partial charge in [-0.2, -0.15) is 0 Å². The minimum atomic E-state index is -0.789. The van der Waals surface area contributed by atoms with E-state index in [-0.39, 0.29) is 31.1 Å². The van der Waals surface area contributed by atoms with Gasteiger partial charge in [-0.15, -0.1) is 0 Å². The third-order valence-corrected chi connectivity index (χ3v) is 13.8. The summed E-state index contributed by atoms with van der Waals surface area (Å²) < 4.78 is 16.9. The minimum absolute atomic E-state index is 0.0871. The van der Waals surface area contributed by atoms with Crippen LogP contribution in [-0.4, -0.2) is 37.2 Å². The zero-order valence-electron chi connectivity index (χ0n) is 50.4. The smallest absolute Gasteiger partial charge is 0.306 e. The highest BCUT2D eigenvalue weighted by molar-refractivity contribution is 5.71. The van der Waals surface area contributed by atoms with Crippen LogP contribution in [0.15, 0.2) is 109 Å². The van der Waals surface area contributed by atoms with Crippen LogP contribution in [-0.2, 0) is 28.6 Å². The fourth-order valence-electron chi connectivity index (χ4n) is 8.91. The van der Waals surface area contributed by atoms with Crippen molar-refractivity contribution in [1.82, 2.24) is 0 Å². The van der Waals surface area contributed by atoms with Gasteiger partial charge in [-0.3, -0.25) is 14.4 Å². The van der Waals surface area contributed by atoms with Crippen LogP contribution >= 0.6 is 0 Å². The van der Waals surface area contributed by atoms with Crippen molar-refractivity contribution in [2.75, 3.05) is 13.2 Å². The summed E-state index contributed by atoms with van der Waals surface area (Å²) in [5.74, 6) is -0.901. The molecule has 0 aromatic rings. The molecule has 0 aliphatic heterocycles. The average molecular weight is 1070 g/mol.